The van der Waals surface area contributed by atoms with E-state index in [9.17, 15) is 12.8 Å². The van der Waals surface area contributed by atoms with Gasteiger partial charge in [0, 0.05) is 5.56 Å². The molecule has 0 aliphatic rings. The molecule has 0 atom stereocenters. The number of nitrogens with one attached hydrogen (secondary N) is 1. The molecule has 108 valence electrons. The van der Waals surface area contributed by atoms with Crippen LogP contribution >= 0.6 is 0 Å². The lowest BCUT2D eigenvalue weighted by Crippen LogP contribution is -2.15. The molecule has 0 amide bonds. The van der Waals surface area contributed by atoms with Gasteiger partial charge in [-0.15, -0.1) is 0 Å². The first-order chi connectivity index (χ1) is 10.0. The third kappa shape index (κ3) is 3.60. The van der Waals surface area contributed by atoms with Crippen LogP contribution in [-0.2, 0) is 10.0 Å². The first kappa shape index (κ1) is 15.0. The van der Waals surface area contributed by atoms with Gasteiger partial charge in [0.05, 0.1) is 5.69 Å². The Morgan fingerprint density at radius 3 is 2.48 bits per heavy atom. The van der Waals surface area contributed by atoms with Gasteiger partial charge >= 0.3 is 0 Å². The third-order valence-electron chi connectivity index (χ3n) is 2.60. The summed E-state index contributed by atoms with van der Waals surface area (Å²) in [6.07, 6.45) is 0. The third-order valence-corrected chi connectivity index (χ3v) is 4.00. The molecular formula is C15H12FNO3S. The van der Waals surface area contributed by atoms with E-state index in [1.807, 2.05) is 0 Å². The zero-order valence-corrected chi connectivity index (χ0v) is 11.7. The molecule has 0 aliphatic heterocycles. The molecule has 2 aromatic carbocycles. The molecular weight excluding hydrogens is 293 g/mol. The van der Waals surface area contributed by atoms with Gasteiger partial charge in [0.2, 0.25) is 0 Å². The highest BCUT2D eigenvalue weighted by Crippen LogP contribution is 2.21. The fourth-order valence-corrected chi connectivity index (χ4v) is 2.84. The summed E-state index contributed by atoms with van der Waals surface area (Å²) in [5.74, 6) is 4.24. The molecule has 0 radical (unpaired) electrons. The summed E-state index contributed by atoms with van der Waals surface area (Å²) in [6, 6.07) is 11.5. The Bertz CT molecular complexity index is 807. The molecule has 6 heteroatoms. The number of aliphatic hydroxyl groups excluding tert-OH is 1. The average molecular weight is 305 g/mol. The lowest BCUT2D eigenvalue weighted by molar-refractivity contribution is 0.350. The molecule has 0 aromatic heterocycles. The smallest absolute Gasteiger partial charge is 0.264 e. The van der Waals surface area contributed by atoms with Crippen molar-refractivity contribution < 1.29 is 17.9 Å². The number of anilines is 1. The summed E-state index contributed by atoms with van der Waals surface area (Å²) in [4.78, 5) is -0.435. The van der Waals surface area contributed by atoms with Crippen LogP contribution in [0.4, 0.5) is 10.1 Å². The second kappa shape index (κ2) is 6.39. The Kier molecular flexibility index (Phi) is 4.58. The maximum absolute atomic E-state index is 13.6. The van der Waals surface area contributed by atoms with E-state index in [0.29, 0.717) is 5.56 Å². The standard InChI is InChI=1S/C15H12FNO3S/c16-13-8-2-4-10-15(13)21(19,20)17-14-9-3-1-6-12(14)7-5-11-18/h1-4,6,8-10,17-18H,11H2. The second-order valence-electron chi connectivity index (χ2n) is 4.04. The van der Waals surface area contributed by atoms with Gasteiger partial charge in [-0.05, 0) is 24.3 Å². The van der Waals surface area contributed by atoms with Crippen molar-refractivity contribution in [2.45, 2.75) is 4.90 Å². The maximum Gasteiger partial charge on any atom is 0.264 e. The fourth-order valence-electron chi connectivity index (χ4n) is 1.68. The van der Waals surface area contributed by atoms with E-state index in [2.05, 4.69) is 16.6 Å². The van der Waals surface area contributed by atoms with Crippen LogP contribution in [0, 0.1) is 17.7 Å². The van der Waals surface area contributed by atoms with Gasteiger partial charge < -0.3 is 5.11 Å². The lowest BCUT2D eigenvalue weighted by atomic mass is 10.2. The topological polar surface area (TPSA) is 66.4 Å². The van der Waals surface area contributed by atoms with Crippen LogP contribution in [0.25, 0.3) is 0 Å². The monoisotopic (exact) mass is 305 g/mol. The Morgan fingerprint density at radius 1 is 1.10 bits per heavy atom. The van der Waals surface area contributed by atoms with Gasteiger partial charge in [0.1, 0.15) is 17.3 Å². The van der Waals surface area contributed by atoms with Crippen LogP contribution in [0.2, 0.25) is 0 Å². The van der Waals surface area contributed by atoms with E-state index >= 15 is 0 Å². The van der Waals surface area contributed by atoms with Crippen molar-refractivity contribution >= 4 is 15.7 Å². The molecule has 2 N–H and O–H groups in total. The van der Waals surface area contributed by atoms with Gasteiger partial charge in [-0.3, -0.25) is 4.72 Å². The van der Waals surface area contributed by atoms with E-state index in [1.54, 1.807) is 18.2 Å². The van der Waals surface area contributed by atoms with Crippen molar-refractivity contribution in [1.82, 2.24) is 0 Å². The number of hydrogen-bond donors (Lipinski definition) is 2. The number of hydrogen-bond acceptors (Lipinski definition) is 3. The maximum atomic E-state index is 13.6. The molecule has 0 bridgehead atoms. The molecule has 0 heterocycles. The van der Waals surface area contributed by atoms with Crippen molar-refractivity contribution in [1.29, 1.82) is 0 Å². The Balaban J connectivity index is 2.40. The summed E-state index contributed by atoms with van der Waals surface area (Å²) >= 11 is 0. The molecule has 0 saturated heterocycles. The fraction of sp³-hybridized carbons (Fsp3) is 0.0667. The molecule has 0 aliphatic carbocycles. The normalized spacial score (nSPS) is 10.6. The number of benzene rings is 2. The largest absolute Gasteiger partial charge is 0.384 e. The molecule has 21 heavy (non-hydrogen) atoms. The van der Waals surface area contributed by atoms with Crippen molar-refractivity contribution in [3.8, 4) is 11.8 Å². The van der Waals surface area contributed by atoms with E-state index in [-0.39, 0.29) is 12.3 Å². The highest BCUT2D eigenvalue weighted by molar-refractivity contribution is 7.92. The quantitative estimate of drug-likeness (QED) is 0.852. The Morgan fingerprint density at radius 2 is 1.76 bits per heavy atom. The zero-order valence-electron chi connectivity index (χ0n) is 10.9. The predicted molar refractivity (Wildman–Crippen MR) is 77.6 cm³/mol. The highest BCUT2D eigenvalue weighted by Gasteiger charge is 2.19. The minimum absolute atomic E-state index is 0.224. The summed E-state index contributed by atoms with van der Waals surface area (Å²) in [7, 11) is -4.05. The zero-order chi connectivity index (χ0) is 15.3. The first-order valence-electron chi connectivity index (χ1n) is 6.01. The van der Waals surface area contributed by atoms with E-state index in [1.165, 1.54) is 24.3 Å². The van der Waals surface area contributed by atoms with Crippen LogP contribution in [0.5, 0.6) is 0 Å². The second-order valence-corrected chi connectivity index (χ2v) is 5.69. The average Bonchev–Trinajstić information content (AvgIpc) is 2.46. The van der Waals surface area contributed by atoms with Crippen LogP contribution in [0.1, 0.15) is 5.56 Å². The predicted octanol–water partition coefficient (Wildman–Crippen LogP) is 1.97. The number of aliphatic hydroxyl groups is 1. The highest BCUT2D eigenvalue weighted by atomic mass is 32.2. The number of rotatable bonds is 3. The molecule has 0 unspecified atom stereocenters. The van der Waals surface area contributed by atoms with Gasteiger partial charge in [0.15, 0.2) is 0 Å². The van der Waals surface area contributed by atoms with Gasteiger partial charge in [-0.1, -0.05) is 36.1 Å². The van der Waals surface area contributed by atoms with Crippen LogP contribution in [-0.4, -0.2) is 20.1 Å². The molecule has 2 rings (SSSR count). The summed E-state index contributed by atoms with van der Waals surface area (Å²) in [6.45, 7) is -0.339. The minimum Gasteiger partial charge on any atom is -0.384 e. The SMILES string of the molecule is O=S(=O)(Nc1ccccc1C#CCO)c1ccccc1F. The summed E-state index contributed by atoms with van der Waals surface area (Å²) in [5.41, 5.74) is 0.619. The molecule has 0 spiro atoms. The number of para-hydroxylation sites is 1. The Labute approximate surface area is 122 Å². The van der Waals surface area contributed by atoms with Gasteiger partial charge in [-0.25, -0.2) is 12.8 Å². The first-order valence-corrected chi connectivity index (χ1v) is 7.49. The van der Waals surface area contributed by atoms with Crippen molar-refractivity contribution in [2.24, 2.45) is 0 Å². The van der Waals surface area contributed by atoms with E-state index in [4.69, 9.17) is 5.11 Å². The lowest BCUT2D eigenvalue weighted by Gasteiger charge is -2.10. The summed E-state index contributed by atoms with van der Waals surface area (Å²) in [5, 5.41) is 8.70. The van der Waals surface area contributed by atoms with Gasteiger partial charge in [-0.2, -0.15) is 0 Å². The molecule has 0 fully saturated rings. The Hall–Kier alpha value is -2.36. The van der Waals surface area contributed by atoms with Crippen LogP contribution in [0.15, 0.2) is 53.4 Å². The van der Waals surface area contributed by atoms with Crippen molar-refractivity contribution in [3.05, 3.63) is 59.9 Å². The van der Waals surface area contributed by atoms with Gasteiger partial charge in [0.25, 0.3) is 10.0 Å². The van der Waals surface area contributed by atoms with Crippen LogP contribution in [0.3, 0.4) is 0 Å². The van der Waals surface area contributed by atoms with Crippen LogP contribution < -0.4 is 4.72 Å². The van der Waals surface area contributed by atoms with E-state index in [0.717, 1.165) is 6.07 Å². The number of sulfonamides is 1. The summed E-state index contributed by atoms with van der Waals surface area (Å²) < 4.78 is 40.3. The van der Waals surface area contributed by atoms with E-state index < -0.39 is 20.7 Å². The number of halogens is 1. The molecule has 4 nitrogen and oxygen atoms in total. The minimum atomic E-state index is -4.05. The molecule has 0 saturated carbocycles. The van der Waals surface area contributed by atoms with Crippen molar-refractivity contribution in [3.63, 3.8) is 0 Å². The molecule has 2 aromatic rings. The van der Waals surface area contributed by atoms with Crippen molar-refractivity contribution in [2.75, 3.05) is 11.3 Å².